The molecule has 0 fully saturated rings. The first kappa shape index (κ1) is 19.2. The van der Waals surface area contributed by atoms with Crippen LogP contribution < -0.4 is 15.8 Å². The molecule has 0 aliphatic heterocycles. The van der Waals surface area contributed by atoms with Crippen molar-refractivity contribution in [2.24, 2.45) is 0 Å². The summed E-state index contributed by atoms with van der Waals surface area (Å²) < 4.78 is 31.8. The predicted molar refractivity (Wildman–Crippen MR) is 89.6 cm³/mol. The molecule has 0 aromatic heterocycles. The van der Waals surface area contributed by atoms with Crippen LogP contribution in [0.1, 0.15) is 32.8 Å². The van der Waals surface area contributed by atoms with Gasteiger partial charge in [-0.15, -0.1) is 0 Å². The number of benzene rings is 1. The summed E-state index contributed by atoms with van der Waals surface area (Å²) in [6, 6.07) is 4.66. The number of carbonyl (C=O) groups is 1. The molecule has 1 aromatic carbocycles. The maximum atomic E-state index is 12.1. The molecular formula is C15H25N3O4S. The molecule has 0 unspecified atom stereocenters. The third-order valence-corrected chi connectivity index (χ3v) is 4.14. The lowest BCUT2D eigenvalue weighted by Crippen LogP contribution is -2.34. The van der Waals surface area contributed by atoms with Gasteiger partial charge in [-0.3, -0.25) is 0 Å². The van der Waals surface area contributed by atoms with Gasteiger partial charge < -0.3 is 15.8 Å². The van der Waals surface area contributed by atoms with E-state index >= 15 is 0 Å². The summed E-state index contributed by atoms with van der Waals surface area (Å²) in [7, 11) is -3.61. The molecule has 4 N–H and O–H groups in total. The summed E-state index contributed by atoms with van der Waals surface area (Å²) in [5.74, 6) is 0. The highest BCUT2D eigenvalue weighted by Gasteiger charge is 2.16. The van der Waals surface area contributed by atoms with E-state index < -0.39 is 21.7 Å². The molecule has 1 aromatic rings. The fourth-order valence-electron chi connectivity index (χ4n) is 1.81. The Morgan fingerprint density at radius 3 is 2.43 bits per heavy atom. The van der Waals surface area contributed by atoms with Crippen LogP contribution in [0.15, 0.2) is 23.1 Å². The Bertz CT molecular complexity index is 631. The van der Waals surface area contributed by atoms with Gasteiger partial charge in [-0.05, 0) is 57.9 Å². The predicted octanol–water partition coefficient (Wildman–Crippen LogP) is 1.77. The van der Waals surface area contributed by atoms with E-state index in [0.29, 0.717) is 18.7 Å². The Balaban J connectivity index is 2.42. The molecule has 1 rings (SSSR count). The minimum absolute atomic E-state index is 0.134. The van der Waals surface area contributed by atoms with E-state index in [2.05, 4.69) is 10.0 Å². The molecule has 0 spiro atoms. The van der Waals surface area contributed by atoms with Crippen molar-refractivity contribution in [3.63, 3.8) is 0 Å². The number of anilines is 1. The van der Waals surface area contributed by atoms with Crippen molar-refractivity contribution in [1.29, 1.82) is 0 Å². The van der Waals surface area contributed by atoms with Gasteiger partial charge in [0.2, 0.25) is 10.0 Å². The van der Waals surface area contributed by atoms with Crippen molar-refractivity contribution in [3.05, 3.63) is 23.8 Å². The Hall–Kier alpha value is -1.80. The van der Waals surface area contributed by atoms with Crippen molar-refractivity contribution in [2.75, 3.05) is 18.8 Å². The van der Waals surface area contributed by atoms with Crippen LogP contribution >= 0.6 is 0 Å². The molecule has 7 nitrogen and oxygen atoms in total. The van der Waals surface area contributed by atoms with Crippen molar-refractivity contribution in [2.45, 2.75) is 44.6 Å². The van der Waals surface area contributed by atoms with Crippen molar-refractivity contribution >= 4 is 21.8 Å². The fraction of sp³-hybridized carbons (Fsp3) is 0.533. The zero-order chi connectivity index (χ0) is 17.7. The highest BCUT2D eigenvalue weighted by molar-refractivity contribution is 7.89. The molecular weight excluding hydrogens is 318 g/mol. The van der Waals surface area contributed by atoms with Gasteiger partial charge in [0.1, 0.15) is 5.60 Å². The molecule has 0 bridgehead atoms. The Kier molecular flexibility index (Phi) is 6.40. The van der Waals surface area contributed by atoms with Crippen LogP contribution in [0.25, 0.3) is 0 Å². The molecule has 0 aliphatic carbocycles. The first-order valence-corrected chi connectivity index (χ1v) is 8.81. The molecule has 0 saturated carbocycles. The van der Waals surface area contributed by atoms with Crippen LogP contribution in [-0.2, 0) is 14.8 Å². The van der Waals surface area contributed by atoms with E-state index in [-0.39, 0.29) is 11.4 Å². The second-order valence-electron chi connectivity index (χ2n) is 6.26. The average Bonchev–Trinajstić information content (AvgIpc) is 2.34. The number of ether oxygens (including phenoxy) is 1. The monoisotopic (exact) mass is 343 g/mol. The number of rotatable bonds is 6. The van der Waals surface area contributed by atoms with Crippen molar-refractivity contribution < 1.29 is 17.9 Å². The third-order valence-electron chi connectivity index (χ3n) is 2.70. The summed E-state index contributed by atoms with van der Waals surface area (Å²) in [6.45, 7) is 7.61. The standard InChI is InChI=1S/C15H25N3O4S/c1-11-8-12(16)10-13(9-11)23(20,21)18-7-5-6-17-14(19)22-15(2,3)4/h8-10,18H,5-7,16H2,1-4H3,(H,17,19). The number of nitrogen functional groups attached to an aromatic ring is 1. The molecule has 0 heterocycles. The first-order chi connectivity index (χ1) is 10.5. The summed E-state index contributed by atoms with van der Waals surface area (Å²) in [5.41, 5.74) is 6.28. The second-order valence-corrected chi connectivity index (χ2v) is 8.03. The van der Waals surface area contributed by atoms with Crippen LogP contribution in [-0.4, -0.2) is 33.2 Å². The molecule has 0 aliphatic rings. The van der Waals surface area contributed by atoms with Gasteiger partial charge in [0.25, 0.3) is 0 Å². The van der Waals surface area contributed by atoms with Crippen LogP contribution in [0.2, 0.25) is 0 Å². The van der Waals surface area contributed by atoms with E-state index in [1.165, 1.54) is 6.07 Å². The number of alkyl carbamates (subject to hydrolysis) is 1. The number of aryl methyl sites for hydroxylation is 1. The SMILES string of the molecule is Cc1cc(N)cc(S(=O)(=O)NCCCNC(=O)OC(C)(C)C)c1. The Morgan fingerprint density at radius 2 is 1.87 bits per heavy atom. The van der Waals surface area contributed by atoms with Crippen LogP contribution in [0, 0.1) is 6.92 Å². The largest absolute Gasteiger partial charge is 0.444 e. The summed E-state index contributed by atoms with van der Waals surface area (Å²) in [4.78, 5) is 11.6. The van der Waals surface area contributed by atoms with Gasteiger partial charge in [-0.25, -0.2) is 17.9 Å². The number of amides is 1. The first-order valence-electron chi connectivity index (χ1n) is 7.33. The molecule has 0 radical (unpaired) electrons. The molecule has 0 saturated heterocycles. The fourth-order valence-corrected chi connectivity index (χ4v) is 3.03. The summed E-state index contributed by atoms with van der Waals surface area (Å²) in [5, 5.41) is 2.57. The quantitative estimate of drug-likeness (QED) is 0.538. The van der Waals surface area contributed by atoms with Crippen LogP contribution in [0.4, 0.5) is 10.5 Å². The lowest BCUT2D eigenvalue weighted by Gasteiger charge is -2.19. The number of nitrogens with two attached hydrogens (primary N) is 1. The van der Waals surface area contributed by atoms with E-state index in [9.17, 15) is 13.2 Å². The number of nitrogens with one attached hydrogen (secondary N) is 2. The van der Waals surface area contributed by atoms with E-state index in [1.807, 2.05) is 0 Å². The number of hydrogen-bond acceptors (Lipinski definition) is 5. The van der Waals surface area contributed by atoms with Crippen molar-refractivity contribution in [3.8, 4) is 0 Å². The molecule has 130 valence electrons. The zero-order valence-electron chi connectivity index (χ0n) is 14.0. The van der Waals surface area contributed by atoms with Crippen molar-refractivity contribution in [1.82, 2.24) is 10.0 Å². The zero-order valence-corrected chi connectivity index (χ0v) is 14.8. The van der Waals surface area contributed by atoms with Gasteiger partial charge in [0.05, 0.1) is 4.90 Å². The van der Waals surface area contributed by atoms with E-state index in [0.717, 1.165) is 5.56 Å². The van der Waals surface area contributed by atoms with Gasteiger partial charge in [-0.1, -0.05) is 0 Å². The molecule has 8 heteroatoms. The lowest BCUT2D eigenvalue weighted by molar-refractivity contribution is 0.0527. The van der Waals surface area contributed by atoms with E-state index in [1.54, 1.807) is 39.8 Å². The van der Waals surface area contributed by atoms with Gasteiger partial charge in [0, 0.05) is 18.8 Å². The minimum Gasteiger partial charge on any atom is -0.444 e. The topological polar surface area (TPSA) is 111 Å². The van der Waals surface area contributed by atoms with Gasteiger partial charge in [0.15, 0.2) is 0 Å². The highest BCUT2D eigenvalue weighted by atomic mass is 32.2. The van der Waals surface area contributed by atoms with Gasteiger partial charge in [-0.2, -0.15) is 0 Å². The molecule has 23 heavy (non-hydrogen) atoms. The summed E-state index contributed by atoms with van der Waals surface area (Å²) in [6.07, 6.45) is -0.0773. The maximum absolute atomic E-state index is 12.1. The van der Waals surface area contributed by atoms with Crippen LogP contribution in [0.5, 0.6) is 0 Å². The third kappa shape index (κ3) is 7.34. The average molecular weight is 343 g/mol. The Morgan fingerprint density at radius 1 is 1.22 bits per heavy atom. The highest BCUT2D eigenvalue weighted by Crippen LogP contribution is 2.15. The second kappa shape index (κ2) is 7.65. The number of sulfonamides is 1. The minimum atomic E-state index is -3.61. The molecule has 1 amide bonds. The van der Waals surface area contributed by atoms with Crippen LogP contribution in [0.3, 0.4) is 0 Å². The Labute approximate surface area is 137 Å². The lowest BCUT2D eigenvalue weighted by atomic mass is 10.2. The maximum Gasteiger partial charge on any atom is 0.407 e. The van der Waals surface area contributed by atoms with Gasteiger partial charge >= 0.3 is 6.09 Å². The smallest absolute Gasteiger partial charge is 0.407 e. The summed E-state index contributed by atoms with van der Waals surface area (Å²) >= 11 is 0. The number of carbonyl (C=O) groups excluding carboxylic acids is 1. The number of hydrogen-bond donors (Lipinski definition) is 3. The normalized spacial score (nSPS) is 12.0. The molecule has 0 atom stereocenters. The van der Waals surface area contributed by atoms with E-state index in [4.69, 9.17) is 10.5 Å².